The van der Waals surface area contributed by atoms with Gasteiger partial charge in [-0.05, 0) is 49.9 Å². The van der Waals surface area contributed by atoms with Crippen LogP contribution < -0.4 is 4.90 Å². The minimum Gasteiger partial charge on any atom is -0.449 e. The van der Waals surface area contributed by atoms with Gasteiger partial charge in [0.1, 0.15) is 5.69 Å². The van der Waals surface area contributed by atoms with Gasteiger partial charge in [-0.25, -0.2) is 4.79 Å². The topological polar surface area (TPSA) is 124 Å². The SMILES string of the molecule is CC1CCCN(c2ccc(C(=O)OC(C)c3nc(-c4cccnc4)no3)cc2[N+](=O)[O-])C1. The van der Waals surface area contributed by atoms with Crippen LogP contribution in [-0.4, -0.2) is 39.1 Å². The van der Waals surface area contributed by atoms with Crippen molar-refractivity contribution in [2.45, 2.75) is 32.8 Å². The summed E-state index contributed by atoms with van der Waals surface area (Å²) in [5.41, 5.74) is 1.16. The minimum atomic E-state index is -0.831. The van der Waals surface area contributed by atoms with Crippen molar-refractivity contribution in [1.82, 2.24) is 15.1 Å². The summed E-state index contributed by atoms with van der Waals surface area (Å²) in [6, 6.07) is 7.95. The monoisotopic (exact) mass is 437 g/mol. The third-order valence-corrected chi connectivity index (χ3v) is 5.40. The van der Waals surface area contributed by atoms with Gasteiger partial charge in [0.2, 0.25) is 5.82 Å². The average Bonchev–Trinajstić information content (AvgIpc) is 3.30. The van der Waals surface area contributed by atoms with E-state index in [2.05, 4.69) is 22.0 Å². The molecule has 10 heteroatoms. The van der Waals surface area contributed by atoms with E-state index < -0.39 is 17.0 Å². The number of anilines is 1. The summed E-state index contributed by atoms with van der Waals surface area (Å²) < 4.78 is 10.6. The molecule has 0 aliphatic carbocycles. The summed E-state index contributed by atoms with van der Waals surface area (Å²) in [5.74, 6) is 0.192. The number of hydrogen-bond acceptors (Lipinski definition) is 9. The van der Waals surface area contributed by atoms with Gasteiger partial charge in [-0.3, -0.25) is 15.1 Å². The zero-order chi connectivity index (χ0) is 22.7. The van der Waals surface area contributed by atoms with E-state index in [1.54, 1.807) is 43.6 Å². The molecule has 166 valence electrons. The number of rotatable bonds is 6. The Morgan fingerprint density at radius 3 is 2.94 bits per heavy atom. The molecular weight excluding hydrogens is 414 g/mol. The van der Waals surface area contributed by atoms with Gasteiger partial charge in [0.15, 0.2) is 6.10 Å². The Labute approximate surface area is 184 Å². The first-order valence-electron chi connectivity index (χ1n) is 10.4. The maximum Gasteiger partial charge on any atom is 0.339 e. The largest absolute Gasteiger partial charge is 0.449 e. The lowest BCUT2D eigenvalue weighted by Crippen LogP contribution is -2.34. The highest BCUT2D eigenvalue weighted by atomic mass is 16.6. The highest BCUT2D eigenvalue weighted by molar-refractivity contribution is 5.91. The van der Waals surface area contributed by atoms with E-state index in [-0.39, 0.29) is 17.1 Å². The molecule has 0 amide bonds. The number of hydrogen-bond donors (Lipinski definition) is 0. The molecule has 0 bridgehead atoms. The molecule has 2 unspecified atom stereocenters. The molecule has 3 heterocycles. The summed E-state index contributed by atoms with van der Waals surface area (Å²) >= 11 is 0. The van der Waals surface area contributed by atoms with Crippen molar-refractivity contribution in [1.29, 1.82) is 0 Å². The van der Waals surface area contributed by atoms with E-state index in [0.29, 0.717) is 23.0 Å². The molecule has 0 N–H and O–H groups in total. The summed E-state index contributed by atoms with van der Waals surface area (Å²) in [7, 11) is 0. The van der Waals surface area contributed by atoms with Crippen molar-refractivity contribution in [3.8, 4) is 11.4 Å². The molecule has 1 aromatic carbocycles. The molecule has 1 aliphatic rings. The first kappa shape index (κ1) is 21.4. The first-order valence-corrected chi connectivity index (χ1v) is 10.4. The van der Waals surface area contributed by atoms with Crippen molar-refractivity contribution in [3.05, 3.63) is 64.3 Å². The van der Waals surface area contributed by atoms with Crippen LogP contribution in [0.1, 0.15) is 49.0 Å². The molecule has 1 saturated heterocycles. The summed E-state index contributed by atoms with van der Waals surface area (Å²) in [6.07, 6.45) is 4.47. The average molecular weight is 437 g/mol. The number of carbonyl (C=O) groups is 1. The first-order chi connectivity index (χ1) is 15.4. The van der Waals surface area contributed by atoms with Crippen molar-refractivity contribution >= 4 is 17.3 Å². The van der Waals surface area contributed by atoms with E-state index >= 15 is 0 Å². The number of ether oxygens (including phenoxy) is 1. The van der Waals surface area contributed by atoms with Crippen molar-refractivity contribution in [3.63, 3.8) is 0 Å². The fraction of sp³-hybridized carbons (Fsp3) is 0.364. The van der Waals surface area contributed by atoms with Crippen LogP contribution in [-0.2, 0) is 4.74 Å². The molecule has 0 spiro atoms. The van der Waals surface area contributed by atoms with E-state index in [1.165, 1.54) is 6.07 Å². The Hall–Kier alpha value is -3.82. The maximum absolute atomic E-state index is 12.7. The standard InChI is InChI=1S/C22H23N5O5/c1-14-5-4-10-26(13-14)18-8-7-16(11-19(18)27(29)30)22(28)31-15(2)21-24-20(25-32-21)17-6-3-9-23-12-17/h3,6-9,11-12,14-15H,4-5,10,13H2,1-2H3. The normalized spacial score (nSPS) is 17.1. The number of benzene rings is 1. The lowest BCUT2D eigenvalue weighted by molar-refractivity contribution is -0.384. The van der Waals surface area contributed by atoms with Gasteiger partial charge in [-0.1, -0.05) is 12.1 Å². The molecule has 2 aromatic heterocycles. The lowest BCUT2D eigenvalue weighted by atomic mass is 9.99. The fourth-order valence-corrected chi connectivity index (χ4v) is 3.76. The number of nitro benzene ring substituents is 1. The summed E-state index contributed by atoms with van der Waals surface area (Å²) in [6.45, 7) is 5.22. The van der Waals surface area contributed by atoms with Crippen LogP contribution in [0.5, 0.6) is 0 Å². The number of nitro groups is 1. The quantitative estimate of drug-likeness (QED) is 0.317. The molecule has 1 aliphatic heterocycles. The van der Waals surface area contributed by atoms with E-state index in [4.69, 9.17) is 9.26 Å². The van der Waals surface area contributed by atoms with Crippen LogP contribution in [0.3, 0.4) is 0 Å². The second-order valence-electron chi connectivity index (χ2n) is 7.90. The molecular formula is C22H23N5O5. The number of esters is 1. The van der Waals surface area contributed by atoms with Gasteiger partial charge in [0.25, 0.3) is 11.6 Å². The van der Waals surface area contributed by atoms with Gasteiger partial charge in [0.05, 0.1) is 10.5 Å². The van der Waals surface area contributed by atoms with Crippen LogP contribution in [0.15, 0.2) is 47.2 Å². The second kappa shape index (κ2) is 9.13. The molecule has 32 heavy (non-hydrogen) atoms. The van der Waals surface area contributed by atoms with Gasteiger partial charge in [-0.15, -0.1) is 0 Å². The number of piperidine rings is 1. The fourth-order valence-electron chi connectivity index (χ4n) is 3.76. The highest BCUT2D eigenvalue weighted by Gasteiger charge is 2.27. The predicted molar refractivity (Wildman–Crippen MR) is 115 cm³/mol. The minimum absolute atomic E-state index is 0.0874. The molecule has 10 nitrogen and oxygen atoms in total. The van der Waals surface area contributed by atoms with Crippen molar-refractivity contribution < 1.29 is 19.0 Å². The van der Waals surface area contributed by atoms with Gasteiger partial charge in [-0.2, -0.15) is 4.98 Å². The van der Waals surface area contributed by atoms with E-state index in [0.717, 1.165) is 25.9 Å². The Bertz CT molecular complexity index is 1120. The van der Waals surface area contributed by atoms with E-state index in [9.17, 15) is 14.9 Å². The van der Waals surface area contributed by atoms with Crippen molar-refractivity contribution in [2.75, 3.05) is 18.0 Å². The van der Waals surface area contributed by atoms with Crippen molar-refractivity contribution in [2.24, 2.45) is 5.92 Å². The number of pyridine rings is 1. The molecule has 0 radical (unpaired) electrons. The van der Waals surface area contributed by atoms with Gasteiger partial charge >= 0.3 is 5.97 Å². The smallest absolute Gasteiger partial charge is 0.339 e. The number of carbonyl (C=O) groups excluding carboxylic acids is 1. The Morgan fingerprint density at radius 2 is 2.22 bits per heavy atom. The number of nitrogens with zero attached hydrogens (tertiary/aromatic N) is 5. The zero-order valence-electron chi connectivity index (χ0n) is 17.8. The zero-order valence-corrected chi connectivity index (χ0v) is 17.8. The molecule has 4 rings (SSSR count). The third-order valence-electron chi connectivity index (χ3n) is 5.40. The highest BCUT2D eigenvalue weighted by Crippen LogP contribution is 2.33. The van der Waals surface area contributed by atoms with Gasteiger partial charge in [0, 0.05) is 37.1 Å². The molecule has 2 atom stereocenters. The summed E-state index contributed by atoms with van der Waals surface area (Å²) in [4.78, 5) is 34.1. The van der Waals surface area contributed by atoms with E-state index in [1.807, 2.05) is 4.90 Å². The van der Waals surface area contributed by atoms with Crippen LogP contribution >= 0.6 is 0 Å². The molecule has 3 aromatic rings. The second-order valence-corrected chi connectivity index (χ2v) is 7.90. The molecule has 0 saturated carbocycles. The maximum atomic E-state index is 12.7. The Balaban J connectivity index is 1.50. The van der Waals surface area contributed by atoms with Crippen LogP contribution in [0.25, 0.3) is 11.4 Å². The van der Waals surface area contributed by atoms with Crippen LogP contribution in [0, 0.1) is 16.0 Å². The predicted octanol–water partition coefficient (Wildman–Crippen LogP) is 4.19. The lowest BCUT2D eigenvalue weighted by Gasteiger charge is -2.32. The summed E-state index contributed by atoms with van der Waals surface area (Å²) in [5, 5.41) is 15.6. The number of aromatic nitrogens is 3. The van der Waals surface area contributed by atoms with Crippen LogP contribution in [0.4, 0.5) is 11.4 Å². The molecule has 1 fully saturated rings. The Morgan fingerprint density at radius 1 is 1.38 bits per heavy atom. The van der Waals surface area contributed by atoms with Gasteiger partial charge < -0.3 is 14.2 Å². The van der Waals surface area contributed by atoms with Crippen LogP contribution in [0.2, 0.25) is 0 Å². The third kappa shape index (κ3) is 4.58. The Kier molecular flexibility index (Phi) is 6.11.